The third-order valence-corrected chi connectivity index (χ3v) is 3.62. The Bertz CT molecular complexity index is 940. The Morgan fingerprint density at radius 3 is 2.57 bits per heavy atom. The standard InChI is InChI=1S/C19H16N2O2/c1-13(11-14-7-3-2-4-8-14)18(22)12-17-19(23)21-16-10-6-5-9-15(16)20-17/h2-11H,12H2,1H3,(H,21,23)/b13-11+. The van der Waals surface area contributed by atoms with Crippen LogP contribution in [0.25, 0.3) is 17.1 Å². The topological polar surface area (TPSA) is 62.8 Å². The van der Waals surface area contributed by atoms with Gasteiger partial charge in [-0.05, 0) is 36.3 Å². The monoisotopic (exact) mass is 304 g/mol. The molecule has 0 bridgehead atoms. The SMILES string of the molecule is C/C(=C\c1ccccc1)C(=O)Cc1nc2ccccc2[nH]c1=O. The number of carbonyl (C=O) groups excluding carboxylic acids is 1. The molecule has 3 rings (SSSR count). The molecule has 0 saturated carbocycles. The summed E-state index contributed by atoms with van der Waals surface area (Å²) < 4.78 is 0. The van der Waals surface area contributed by atoms with Gasteiger partial charge in [-0.1, -0.05) is 42.5 Å². The van der Waals surface area contributed by atoms with Gasteiger partial charge < -0.3 is 4.98 Å². The van der Waals surface area contributed by atoms with Crippen LogP contribution in [0.2, 0.25) is 0 Å². The maximum atomic E-state index is 12.3. The molecule has 1 heterocycles. The average Bonchev–Trinajstić information content (AvgIpc) is 2.56. The van der Waals surface area contributed by atoms with E-state index in [2.05, 4.69) is 9.97 Å². The number of nitrogens with one attached hydrogen (secondary N) is 1. The second-order valence-electron chi connectivity index (χ2n) is 5.37. The highest BCUT2D eigenvalue weighted by molar-refractivity contribution is 6.00. The fourth-order valence-electron chi connectivity index (χ4n) is 2.36. The fourth-order valence-corrected chi connectivity index (χ4v) is 2.36. The van der Waals surface area contributed by atoms with Gasteiger partial charge in [0.05, 0.1) is 17.5 Å². The summed E-state index contributed by atoms with van der Waals surface area (Å²) in [4.78, 5) is 31.5. The second-order valence-corrected chi connectivity index (χ2v) is 5.37. The molecule has 23 heavy (non-hydrogen) atoms. The molecule has 0 amide bonds. The zero-order valence-corrected chi connectivity index (χ0v) is 12.7. The number of carbonyl (C=O) groups is 1. The van der Waals surface area contributed by atoms with Crippen molar-refractivity contribution in [3.05, 3.63) is 81.8 Å². The molecule has 4 nitrogen and oxygen atoms in total. The molecule has 4 heteroatoms. The van der Waals surface area contributed by atoms with Gasteiger partial charge in [0.15, 0.2) is 5.78 Å². The molecule has 2 aromatic carbocycles. The van der Waals surface area contributed by atoms with E-state index in [9.17, 15) is 9.59 Å². The van der Waals surface area contributed by atoms with Crippen LogP contribution in [0.5, 0.6) is 0 Å². The lowest BCUT2D eigenvalue weighted by Gasteiger charge is -2.03. The molecule has 0 aliphatic rings. The normalized spacial score (nSPS) is 11.6. The van der Waals surface area contributed by atoms with E-state index < -0.39 is 0 Å². The minimum Gasteiger partial charge on any atom is -0.319 e. The molecule has 0 radical (unpaired) electrons. The zero-order valence-electron chi connectivity index (χ0n) is 12.7. The van der Waals surface area contributed by atoms with Crippen LogP contribution in [0.15, 0.2) is 65.0 Å². The van der Waals surface area contributed by atoms with Crippen molar-refractivity contribution in [2.24, 2.45) is 0 Å². The Morgan fingerprint density at radius 1 is 1.09 bits per heavy atom. The first kappa shape index (κ1) is 14.9. The molecule has 0 unspecified atom stereocenters. The van der Waals surface area contributed by atoms with Crippen molar-refractivity contribution in [2.75, 3.05) is 0 Å². The van der Waals surface area contributed by atoms with Gasteiger partial charge in [-0.3, -0.25) is 9.59 Å². The maximum absolute atomic E-state index is 12.3. The molecule has 3 aromatic rings. The molecule has 0 atom stereocenters. The summed E-state index contributed by atoms with van der Waals surface area (Å²) in [7, 11) is 0. The van der Waals surface area contributed by atoms with Gasteiger partial charge >= 0.3 is 0 Å². The molecule has 114 valence electrons. The molecule has 0 fully saturated rings. The van der Waals surface area contributed by atoms with E-state index in [0.717, 1.165) is 5.56 Å². The molecular weight excluding hydrogens is 288 g/mol. The van der Waals surface area contributed by atoms with Crippen molar-refractivity contribution >= 4 is 22.9 Å². The lowest BCUT2D eigenvalue weighted by molar-refractivity contribution is -0.114. The molecule has 1 aromatic heterocycles. The lowest BCUT2D eigenvalue weighted by atomic mass is 10.1. The Hall–Kier alpha value is -3.01. The van der Waals surface area contributed by atoms with E-state index in [1.165, 1.54) is 0 Å². The third-order valence-electron chi connectivity index (χ3n) is 3.62. The van der Waals surface area contributed by atoms with Gasteiger partial charge in [0.25, 0.3) is 5.56 Å². The average molecular weight is 304 g/mol. The number of allylic oxidation sites excluding steroid dienone is 1. The third kappa shape index (κ3) is 3.43. The van der Waals surface area contributed by atoms with Crippen LogP contribution in [0, 0.1) is 0 Å². The summed E-state index contributed by atoms with van der Waals surface area (Å²) in [6, 6.07) is 16.9. The number of rotatable bonds is 4. The number of aromatic nitrogens is 2. The van der Waals surface area contributed by atoms with Crippen molar-refractivity contribution < 1.29 is 4.79 Å². The lowest BCUT2D eigenvalue weighted by Crippen LogP contribution is -2.19. The molecule has 0 saturated heterocycles. The first-order valence-corrected chi connectivity index (χ1v) is 7.38. The summed E-state index contributed by atoms with van der Waals surface area (Å²) in [6.45, 7) is 1.75. The minimum atomic E-state index is -0.315. The van der Waals surface area contributed by atoms with Crippen LogP contribution in [-0.2, 0) is 11.2 Å². The molecule has 0 aliphatic carbocycles. The number of ketones is 1. The van der Waals surface area contributed by atoms with E-state index >= 15 is 0 Å². The van der Waals surface area contributed by atoms with Crippen LogP contribution in [0.3, 0.4) is 0 Å². The van der Waals surface area contributed by atoms with Crippen molar-refractivity contribution in [2.45, 2.75) is 13.3 Å². The van der Waals surface area contributed by atoms with Crippen LogP contribution >= 0.6 is 0 Å². The van der Waals surface area contributed by atoms with E-state index in [4.69, 9.17) is 0 Å². The Morgan fingerprint density at radius 2 is 1.78 bits per heavy atom. The number of para-hydroxylation sites is 2. The number of hydrogen-bond acceptors (Lipinski definition) is 3. The number of nitrogens with zero attached hydrogens (tertiary/aromatic N) is 1. The van der Waals surface area contributed by atoms with Gasteiger partial charge in [-0.2, -0.15) is 0 Å². The van der Waals surface area contributed by atoms with E-state index in [1.807, 2.05) is 54.6 Å². The number of Topliss-reactive ketones (excluding diaryl/α,β-unsaturated/α-hetero) is 1. The number of H-pyrrole nitrogens is 1. The van der Waals surface area contributed by atoms with Crippen LogP contribution in [0.1, 0.15) is 18.2 Å². The van der Waals surface area contributed by atoms with Gasteiger partial charge in [0, 0.05) is 0 Å². The van der Waals surface area contributed by atoms with Crippen molar-refractivity contribution in [3.63, 3.8) is 0 Å². The van der Waals surface area contributed by atoms with Crippen molar-refractivity contribution in [1.82, 2.24) is 9.97 Å². The summed E-state index contributed by atoms with van der Waals surface area (Å²) in [5.74, 6) is -0.109. The van der Waals surface area contributed by atoms with Crippen molar-refractivity contribution in [1.29, 1.82) is 0 Å². The van der Waals surface area contributed by atoms with Crippen LogP contribution in [-0.4, -0.2) is 15.8 Å². The molecular formula is C19H16N2O2. The fraction of sp³-hybridized carbons (Fsp3) is 0.105. The summed E-state index contributed by atoms with van der Waals surface area (Å²) in [5, 5.41) is 0. The van der Waals surface area contributed by atoms with E-state index in [-0.39, 0.29) is 23.5 Å². The number of benzene rings is 2. The highest BCUT2D eigenvalue weighted by Gasteiger charge is 2.11. The predicted octanol–water partition coefficient (Wildman–Crippen LogP) is 3.14. The minimum absolute atomic E-state index is 0.00463. The van der Waals surface area contributed by atoms with Crippen LogP contribution < -0.4 is 5.56 Å². The number of fused-ring (bicyclic) bond motifs is 1. The largest absolute Gasteiger partial charge is 0.319 e. The Labute approximate surface area is 133 Å². The highest BCUT2D eigenvalue weighted by Crippen LogP contribution is 2.10. The molecule has 0 spiro atoms. The summed E-state index contributed by atoms with van der Waals surface area (Å²) in [5.41, 5.74) is 2.84. The van der Waals surface area contributed by atoms with Gasteiger partial charge in [0.2, 0.25) is 0 Å². The van der Waals surface area contributed by atoms with Gasteiger partial charge in [0.1, 0.15) is 5.69 Å². The highest BCUT2D eigenvalue weighted by atomic mass is 16.1. The summed E-state index contributed by atoms with van der Waals surface area (Å²) >= 11 is 0. The smallest absolute Gasteiger partial charge is 0.270 e. The Kier molecular flexibility index (Phi) is 4.15. The first-order chi connectivity index (χ1) is 11.1. The van der Waals surface area contributed by atoms with Gasteiger partial charge in [-0.15, -0.1) is 0 Å². The molecule has 1 N–H and O–H groups in total. The number of hydrogen-bond donors (Lipinski definition) is 1. The van der Waals surface area contributed by atoms with Gasteiger partial charge in [-0.25, -0.2) is 4.98 Å². The summed E-state index contributed by atoms with van der Waals surface area (Å²) in [6.07, 6.45) is 1.81. The van der Waals surface area contributed by atoms with E-state index in [0.29, 0.717) is 16.6 Å². The molecule has 0 aliphatic heterocycles. The van der Waals surface area contributed by atoms with E-state index in [1.54, 1.807) is 13.0 Å². The predicted molar refractivity (Wildman–Crippen MR) is 91.2 cm³/mol. The number of aromatic amines is 1. The maximum Gasteiger partial charge on any atom is 0.270 e. The van der Waals surface area contributed by atoms with Crippen LogP contribution in [0.4, 0.5) is 0 Å². The quantitative estimate of drug-likeness (QED) is 0.753. The van der Waals surface area contributed by atoms with Crippen molar-refractivity contribution in [3.8, 4) is 0 Å². The first-order valence-electron chi connectivity index (χ1n) is 7.38. The Balaban J connectivity index is 1.87. The zero-order chi connectivity index (χ0) is 16.2. The second kappa shape index (κ2) is 6.40.